The van der Waals surface area contributed by atoms with E-state index in [9.17, 15) is 4.39 Å². The van der Waals surface area contributed by atoms with Crippen LogP contribution in [-0.2, 0) is 6.42 Å². The molecular weight excluding hydrogens is 241 g/mol. The molecule has 19 heavy (non-hydrogen) atoms. The van der Waals surface area contributed by atoms with Gasteiger partial charge in [-0.3, -0.25) is 0 Å². The molecule has 1 N–H and O–H groups in total. The summed E-state index contributed by atoms with van der Waals surface area (Å²) in [5.41, 5.74) is 2.98. The number of rotatable bonds is 2. The lowest BCUT2D eigenvalue weighted by atomic mass is 9.89. The normalized spacial score (nSPS) is 17.9. The van der Waals surface area contributed by atoms with Crippen LogP contribution >= 0.6 is 0 Å². The molecule has 0 bridgehead atoms. The lowest BCUT2D eigenvalue weighted by molar-refractivity contribution is 0.403. The molecule has 1 unspecified atom stereocenters. The Morgan fingerprint density at radius 1 is 1.11 bits per heavy atom. The van der Waals surface area contributed by atoms with Gasteiger partial charge in [0.05, 0.1) is 13.2 Å². The third kappa shape index (κ3) is 2.10. The molecule has 2 nitrogen and oxygen atoms in total. The smallest absolute Gasteiger partial charge is 0.128 e. The quantitative estimate of drug-likeness (QED) is 0.892. The van der Waals surface area contributed by atoms with Gasteiger partial charge in [-0.15, -0.1) is 0 Å². The Balaban J connectivity index is 2.11. The third-order valence-electron chi connectivity index (χ3n) is 3.64. The van der Waals surface area contributed by atoms with Gasteiger partial charge < -0.3 is 10.1 Å². The first-order valence-electron chi connectivity index (χ1n) is 6.45. The fourth-order valence-electron chi connectivity index (χ4n) is 2.75. The Morgan fingerprint density at radius 2 is 1.89 bits per heavy atom. The Morgan fingerprint density at radius 3 is 2.68 bits per heavy atom. The molecule has 1 heterocycles. The van der Waals surface area contributed by atoms with Crippen LogP contribution in [0.1, 0.15) is 22.7 Å². The van der Waals surface area contributed by atoms with Gasteiger partial charge in [0, 0.05) is 17.7 Å². The molecule has 0 saturated carbocycles. The van der Waals surface area contributed by atoms with Crippen molar-refractivity contribution < 1.29 is 9.13 Å². The standard InChI is InChI=1S/C16H16FNO/c1-19-15-8-4-6-12-11(15)9-10-18-16(12)13-5-2-3-7-14(13)17/h2-8,16,18H,9-10H2,1H3. The van der Waals surface area contributed by atoms with E-state index in [4.69, 9.17) is 4.74 Å². The first-order chi connectivity index (χ1) is 9.31. The van der Waals surface area contributed by atoms with Crippen molar-refractivity contribution in [3.63, 3.8) is 0 Å². The van der Waals surface area contributed by atoms with Crippen LogP contribution in [0.25, 0.3) is 0 Å². The van der Waals surface area contributed by atoms with Crippen molar-refractivity contribution >= 4 is 0 Å². The monoisotopic (exact) mass is 257 g/mol. The van der Waals surface area contributed by atoms with E-state index in [1.165, 1.54) is 11.6 Å². The third-order valence-corrected chi connectivity index (χ3v) is 3.64. The molecule has 0 radical (unpaired) electrons. The highest BCUT2D eigenvalue weighted by Gasteiger charge is 2.25. The highest BCUT2D eigenvalue weighted by Crippen LogP contribution is 2.34. The van der Waals surface area contributed by atoms with Crippen LogP contribution in [0.2, 0.25) is 0 Å². The van der Waals surface area contributed by atoms with Crippen molar-refractivity contribution in [3.05, 3.63) is 65.0 Å². The number of hydrogen-bond donors (Lipinski definition) is 1. The molecule has 1 aliphatic heterocycles. The minimum Gasteiger partial charge on any atom is -0.496 e. The molecule has 0 amide bonds. The van der Waals surface area contributed by atoms with Crippen molar-refractivity contribution in [2.45, 2.75) is 12.5 Å². The number of fused-ring (bicyclic) bond motifs is 1. The molecule has 0 saturated heterocycles. The van der Waals surface area contributed by atoms with Crippen LogP contribution in [0.5, 0.6) is 5.75 Å². The number of ether oxygens (including phenoxy) is 1. The molecular formula is C16H16FNO. The van der Waals surface area contributed by atoms with Gasteiger partial charge in [0.1, 0.15) is 11.6 Å². The van der Waals surface area contributed by atoms with Crippen molar-refractivity contribution in [1.29, 1.82) is 0 Å². The molecule has 3 rings (SSSR count). The van der Waals surface area contributed by atoms with Crippen molar-refractivity contribution in [1.82, 2.24) is 5.32 Å². The average molecular weight is 257 g/mol. The van der Waals surface area contributed by atoms with Gasteiger partial charge in [-0.25, -0.2) is 4.39 Å². The van der Waals surface area contributed by atoms with E-state index < -0.39 is 0 Å². The molecule has 2 aromatic carbocycles. The van der Waals surface area contributed by atoms with Gasteiger partial charge in [0.2, 0.25) is 0 Å². The number of nitrogens with one attached hydrogen (secondary N) is 1. The maximum absolute atomic E-state index is 14.0. The van der Waals surface area contributed by atoms with Gasteiger partial charge in [-0.05, 0) is 24.1 Å². The zero-order valence-corrected chi connectivity index (χ0v) is 10.8. The Bertz CT molecular complexity index is 597. The van der Waals surface area contributed by atoms with E-state index >= 15 is 0 Å². The molecule has 1 atom stereocenters. The summed E-state index contributed by atoms with van der Waals surface area (Å²) in [6.45, 7) is 0.826. The first-order valence-corrected chi connectivity index (χ1v) is 6.45. The van der Waals surface area contributed by atoms with E-state index in [0.717, 1.165) is 24.3 Å². The Kier molecular flexibility index (Phi) is 3.22. The van der Waals surface area contributed by atoms with Gasteiger partial charge in [0.15, 0.2) is 0 Å². The number of hydrogen-bond acceptors (Lipinski definition) is 2. The van der Waals surface area contributed by atoms with Crippen LogP contribution in [0.4, 0.5) is 4.39 Å². The molecule has 2 aromatic rings. The molecule has 1 aliphatic rings. The molecule has 0 aromatic heterocycles. The highest BCUT2D eigenvalue weighted by molar-refractivity contribution is 5.47. The Hall–Kier alpha value is -1.87. The molecule has 0 fully saturated rings. The van der Waals surface area contributed by atoms with Crippen molar-refractivity contribution in [2.24, 2.45) is 0 Å². The maximum atomic E-state index is 14.0. The van der Waals surface area contributed by atoms with Crippen molar-refractivity contribution in [3.8, 4) is 5.75 Å². The number of halogens is 1. The number of benzene rings is 2. The van der Waals surface area contributed by atoms with E-state index in [2.05, 4.69) is 5.32 Å². The fourth-order valence-corrected chi connectivity index (χ4v) is 2.75. The lowest BCUT2D eigenvalue weighted by Crippen LogP contribution is -2.31. The summed E-state index contributed by atoms with van der Waals surface area (Å²) in [6, 6.07) is 12.8. The summed E-state index contributed by atoms with van der Waals surface area (Å²) in [6.07, 6.45) is 0.907. The zero-order chi connectivity index (χ0) is 13.2. The van der Waals surface area contributed by atoms with Crippen molar-refractivity contribution in [2.75, 3.05) is 13.7 Å². The van der Waals surface area contributed by atoms with Crippen LogP contribution < -0.4 is 10.1 Å². The van der Waals surface area contributed by atoms with Gasteiger partial charge in [-0.1, -0.05) is 30.3 Å². The zero-order valence-electron chi connectivity index (χ0n) is 10.8. The van der Waals surface area contributed by atoms with Crippen LogP contribution in [-0.4, -0.2) is 13.7 Å². The average Bonchev–Trinajstić information content (AvgIpc) is 2.46. The van der Waals surface area contributed by atoms with Crippen LogP contribution in [0, 0.1) is 5.82 Å². The maximum Gasteiger partial charge on any atom is 0.128 e. The van der Waals surface area contributed by atoms with Gasteiger partial charge >= 0.3 is 0 Å². The predicted octanol–water partition coefficient (Wildman–Crippen LogP) is 3.07. The SMILES string of the molecule is COc1cccc2c1CCNC2c1ccccc1F. The summed E-state index contributed by atoms with van der Waals surface area (Å²) in [4.78, 5) is 0. The molecule has 0 aliphatic carbocycles. The fraction of sp³-hybridized carbons (Fsp3) is 0.250. The predicted molar refractivity (Wildman–Crippen MR) is 72.9 cm³/mol. The summed E-state index contributed by atoms with van der Waals surface area (Å²) >= 11 is 0. The second kappa shape index (κ2) is 5.02. The van der Waals surface area contributed by atoms with E-state index in [1.54, 1.807) is 13.2 Å². The van der Waals surface area contributed by atoms with Crippen LogP contribution in [0.15, 0.2) is 42.5 Å². The first kappa shape index (κ1) is 12.2. The van der Waals surface area contributed by atoms with Crippen LogP contribution in [0.3, 0.4) is 0 Å². The highest BCUT2D eigenvalue weighted by atomic mass is 19.1. The summed E-state index contributed by atoms with van der Waals surface area (Å²) in [5, 5.41) is 3.39. The van der Waals surface area contributed by atoms with E-state index in [1.807, 2.05) is 30.3 Å². The van der Waals surface area contributed by atoms with E-state index in [-0.39, 0.29) is 11.9 Å². The lowest BCUT2D eigenvalue weighted by Gasteiger charge is -2.28. The minimum absolute atomic E-state index is 0.0972. The number of methoxy groups -OCH3 is 1. The van der Waals surface area contributed by atoms with E-state index in [0.29, 0.717) is 5.56 Å². The second-order valence-corrected chi connectivity index (χ2v) is 4.69. The van der Waals surface area contributed by atoms with Gasteiger partial charge in [0.25, 0.3) is 0 Å². The largest absolute Gasteiger partial charge is 0.496 e. The molecule has 0 spiro atoms. The molecule has 3 heteroatoms. The Labute approximate surface area is 112 Å². The minimum atomic E-state index is -0.171. The molecule has 98 valence electrons. The summed E-state index contributed by atoms with van der Waals surface area (Å²) < 4.78 is 19.4. The van der Waals surface area contributed by atoms with Gasteiger partial charge in [-0.2, -0.15) is 0 Å². The topological polar surface area (TPSA) is 21.3 Å². The summed E-state index contributed by atoms with van der Waals surface area (Å²) in [5.74, 6) is 0.719. The second-order valence-electron chi connectivity index (χ2n) is 4.69. The summed E-state index contributed by atoms with van der Waals surface area (Å²) in [7, 11) is 1.68.